The summed E-state index contributed by atoms with van der Waals surface area (Å²) in [6, 6.07) is 5.95. The number of ether oxygens (including phenoxy) is 1. The molecule has 1 aliphatic heterocycles. The fraction of sp³-hybridized carbons (Fsp3) is 0.571. The van der Waals surface area contributed by atoms with Crippen LogP contribution in [0.25, 0.3) is 0 Å². The predicted octanol–water partition coefficient (Wildman–Crippen LogP) is 2.80. The second kappa shape index (κ2) is 6.41. The molecule has 0 saturated carbocycles. The molecule has 0 atom stereocenters. The number of rotatable bonds is 4. The zero-order valence-corrected chi connectivity index (χ0v) is 11.6. The van der Waals surface area contributed by atoms with E-state index in [1.165, 1.54) is 0 Å². The third-order valence-corrected chi connectivity index (χ3v) is 3.76. The van der Waals surface area contributed by atoms with E-state index in [0.717, 1.165) is 48.8 Å². The highest BCUT2D eigenvalue weighted by atomic mass is 35.5. The van der Waals surface area contributed by atoms with E-state index in [1.54, 1.807) is 0 Å². The normalized spacial score (nSPS) is 17.2. The monoisotopic (exact) mass is 268 g/mol. The van der Waals surface area contributed by atoms with Crippen molar-refractivity contribution >= 4 is 17.3 Å². The van der Waals surface area contributed by atoms with E-state index in [-0.39, 0.29) is 0 Å². The standard InChI is InChI=1S/C14H21ClN2O/c1-2-18-12-6-8-17(9-7-12)14-11(10-16)4-3-5-13(14)15/h3-5,12H,2,6-10,16H2,1H3. The van der Waals surface area contributed by atoms with Crippen LogP contribution in [0.3, 0.4) is 0 Å². The number of piperidine rings is 1. The number of benzene rings is 1. The second-order valence-corrected chi connectivity index (χ2v) is 5.00. The molecule has 2 rings (SSSR count). The number of hydrogen-bond donors (Lipinski definition) is 1. The first kappa shape index (κ1) is 13.7. The van der Waals surface area contributed by atoms with Gasteiger partial charge in [-0.1, -0.05) is 23.7 Å². The molecule has 0 aliphatic carbocycles. The van der Waals surface area contributed by atoms with Crippen molar-refractivity contribution in [3.63, 3.8) is 0 Å². The Hall–Kier alpha value is -0.770. The molecule has 1 aromatic rings. The Morgan fingerprint density at radius 1 is 1.39 bits per heavy atom. The molecule has 1 aromatic carbocycles. The summed E-state index contributed by atoms with van der Waals surface area (Å²) in [5.74, 6) is 0. The fourth-order valence-corrected chi connectivity index (χ4v) is 2.87. The molecule has 0 bridgehead atoms. The molecule has 1 fully saturated rings. The van der Waals surface area contributed by atoms with Gasteiger partial charge >= 0.3 is 0 Å². The van der Waals surface area contributed by atoms with Crippen molar-refractivity contribution in [1.29, 1.82) is 0 Å². The molecule has 0 unspecified atom stereocenters. The summed E-state index contributed by atoms with van der Waals surface area (Å²) in [5, 5.41) is 0.799. The van der Waals surface area contributed by atoms with Crippen LogP contribution in [0.1, 0.15) is 25.3 Å². The zero-order chi connectivity index (χ0) is 13.0. The van der Waals surface area contributed by atoms with E-state index in [9.17, 15) is 0 Å². The van der Waals surface area contributed by atoms with Crippen LogP contribution >= 0.6 is 11.6 Å². The van der Waals surface area contributed by atoms with Crippen LogP contribution in [0.2, 0.25) is 5.02 Å². The van der Waals surface area contributed by atoms with Crippen LogP contribution in [0, 0.1) is 0 Å². The second-order valence-electron chi connectivity index (χ2n) is 4.59. The molecule has 0 radical (unpaired) electrons. The quantitative estimate of drug-likeness (QED) is 0.913. The maximum absolute atomic E-state index is 6.31. The van der Waals surface area contributed by atoms with Gasteiger partial charge in [0.15, 0.2) is 0 Å². The van der Waals surface area contributed by atoms with Gasteiger partial charge in [-0.05, 0) is 31.4 Å². The van der Waals surface area contributed by atoms with Gasteiger partial charge in [-0.25, -0.2) is 0 Å². The number of halogens is 1. The van der Waals surface area contributed by atoms with E-state index < -0.39 is 0 Å². The van der Waals surface area contributed by atoms with Crippen LogP contribution in [0.5, 0.6) is 0 Å². The van der Waals surface area contributed by atoms with Gasteiger partial charge in [0.25, 0.3) is 0 Å². The minimum Gasteiger partial charge on any atom is -0.378 e. The number of para-hydroxylation sites is 1. The summed E-state index contributed by atoms with van der Waals surface area (Å²) in [4.78, 5) is 2.33. The topological polar surface area (TPSA) is 38.5 Å². The maximum atomic E-state index is 6.31. The molecule has 0 aromatic heterocycles. The largest absolute Gasteiger partial charge is 0.378 e. The van der Waals surface area contributed by atoms with Crippen molar-refractivity contribution in [1.82, 2.24) is 0 Å². The highest BCUT2D eigenvalue weighted by Gasteiger charge is 2.22. The molecule has 100 valence electrons. The zero-order valence-electron chi connectivity index (χ0n) is 10.9. The summed E-state index contributed by atoms with van der Waals surface area (Å²) >= 11 is 6.31. The molecule has 1 aliphatic rings. The summed E-state index contributed by atoms with van der Waals surface area (Å²) < 4.78 is 5.67. The molecule has 4 heteroatoms. The van der Waals surface area contributed by atoms with E-state index in [0.29, 0.717) is 12.6 Å². The third-order valence-electron chi connectivity index (χ3n) is 3.45. The molecular formula is C14H21ClN2O. The maximum Gasteiger partial charge on any atom is 0.0642 e. The summed E-state index contributed by atoms with van der Waals surface area (Å²) in [7, 11) is 0. The average molecular weight is 269 g/mol. The Kier molecular flexibility index (Phi) is 4.87. The summed E-state index contributed by atoms with van der Waals surface area (Å²) in [5.41, 5.74) is 8.02. The molecule has 0 spiro atoms. The van der Waals surface area contributed by atoms with Crippen molar-refractivity contribution in [3.05, 3.63) is 28.8 Å². The molecular weight excluding hydrogens is 248 g/mol. The molecule has 2 N–H and O–H groups in total. The lowest BCUT2D eigenvalue weighted by molar-refractivity contribution is 0.0459. The number of nitrogens with zero attached hydrogens (tertiary/aromatic N) is 1. The smallest absolute Gasteiger partial charge is 0.0642 e. The Morgan fingerprint density at radius 3 is 2.72 bits per heavy atom. The highest BCUT2D eigenvalue weighted by Crippen LogP contribution is 2.32. The first-order valence-electron chi connectivity index (χ1n) is 6.60. The van der Waals surface area contributed by atoms with Crippen LogP contribution < -0.4 is 10.6 Å². The van der Waals surface area contributed by atoms with E-state index >= 15 is 0 Å². The van der Waals surface area contributed by atoms with Crippen LogP contribution in [-0.4, -0.2) is 25.8 Å². The lowest BCUT2D eigenvalue weighted by atomic mass is 10.0. The first-order chi connectivity index (χ1) is 8.76. The summed E-state index contributed by atoms with van der Waals surface area (Å²) in [6.45, 7) is 5.35. The Bertz CT molecular complexity index is 389. The van der Waals surface area contributed by atoms with Crippen LogP contribution in [0.4, 0.5) is 5.69 Å². The Morgan fingerprint density at radius 2 is 2.11 bits per heavy atom. The highest BCUT2D eigenvalue weighted by molar-refractivity contribution is 6.33. The molecule has 18 heavy (non-hydrogen) atoms. The van der Waals surface area contributed by atoms with Gasteiger partial charge in [-0.2, -0.15) is 0 Å². The SMILES string of the molecule is CCOC1CCN(c2c(Cl)cccc2CN)CC1. The first-order valence-corrected chi connectivity index (χ1v) is 6.98. The third kappa shape index (κ3) is 2.97. The van der Waals surface area contributed by atoms with E-state index in [2.05, 4.69) is 11.0 Å². The van der Waals surface area contributed by atoms with E-state index in [4.69, 9.17) is 22.1 Å². The van der Waals surface area contributed by atoms with Crippen LogP contribution in [-0.2, 0) is 11.3 Å². The summed E-state index contributed by atoms with van der Waals surface area (Å²) in [6.07, 6.45) is 2.52. The lowest BCUT2D eigenvalue weighted by Gasteiger charge is -2.35. The fourth-order valence-electron chi connectivity index (χ4n) is 2.56. The van der Waals surface area contributed by atoms with Gasteiger partial charge in [0.05, 0.1) is 16.8 Å². The molecule has 3 nitrogen and oxygen atoms in total. The van der Waals surface area contributed by atoms with E-state index in [1.807, 2.05) is 19.1 Å². The van der Waals surface area contributed by atoms with Crippen LogP contribution in [0.15, 0.2) is 18.2 Å². The van der Waals surface area contributed by atoms with Crippen molar-refractivity contribution in [2.45, 2.75) is 32.4 Å². The van der Waals surface area contributed by atoms with Crippen molar-refractivity contribution in [2.75, 3.05) is 24.6 Å². The number of anilines is 1. The van der Waals surface area contributed by atoms with Crippen molar-refractivity contribution in [3.8, 4) is 0 Å². The molecule has 1 saturated heterocycles. The molecule has 0 amide bonds. The average Bonchev–Trinajstić information content (AvgIpc) is 2.40. The van der Waals surface area contributed by atoms with Gasteiger partial charge in [0, 0.05) is 26.2 Å². The minimum atomic E-state index is 0.398. The minimum absolute atomic E-state index is 0.398. The van der Waals surface area contributed by atoms with Crippen molar-refractivity contribution in [2.24, 2.45) is 5.73 Å². The predicted molar refractivity (Wildman–Crippen MR) is 76.2 cm³/mol. The van der Waals surface area contributed by atoms with Gasteiger partial charge in [0.1, 0.15) is 0 Å². The van der Waals surface area contributed by atoms with Crippen molar-refractivity contribution < 1.29 is 4.74 Å². The number of hydrogen-bond acceptors (Lipinski definition) is 3. The van der Waals surface area contributed by atoms with Gasteiger partial charge in [-0.3, -0.25) is 0 Å². The lowest BCUT2D eigenvalue weighted by Crippen LogP contribution is -2.37. The van der Waals surface area contributed by atoms with Gasteiger partial charge < -0.3 is 15.4 Å². The van der Waals surface area contributed by atoms with Gasteiger partial charge in [-0.15, -0.1) is 0 Å². The Balaban J connectivity index is 2.09. The number of nitrogens with two attached hydrogens (primary N) is 1. The van der Waals surface area contributed by atoms with Gasteiger partial charge in [0.2, 0.25) is 0 Å². The molecule has 1 heterocycles. The Labute approximate surface area is 114 Å².